The number of aliphatic carboxylic acids is 1. The molecule has 2 rings (SSSR count). The van der Waals surface area contributed by atoms with Gasteiger partial charge in [-0.15, -0.1) is 0 Å². The lowest BCUT2D eigenvalue weighted by Gasteiger charge is -2.26. The molecule has 0 radical (unpaired) electrons. The van der Waals surface area contributed by atoms with E-state index in [9.17, 15) is 4.79 Å². The van der Waals surface area contributed by atoms with Gasteiger partial charge in [-0.05, 0) is 44.6 Å². The molecular weight excluding hydrogens is 218 g/mol. The molecule has 0 aromatic rings. The van der Waals surface area contributed by atoms with Crippen LogP contribution in [0.5, 0.6) is 0 Å². The molecule has 2 aliphatic heterocycles. The minimum atomic E-state index is -0.661. The molecule has 0 amide bonds. The Balaban J connectivity index is 1.74. The first-order chi connectivity index (χ1) is 8.25. The van der Waals surface area contributed by atoms with Gasteiger partial charge in [0.25, 0.3) is 0 Å². The third kappa shape index (κ3) is 3.96. The van der Waals surface area contributed by atoms with E-state index >= 15 is 0 Å². The molecule has 0 aromatic carbocycles. The van der Waals surface area contributed by atoms with Gasteiger partial charge >= 0.3 is 5.97 Å². The summed E-state index contributed by atoms with van der Waals surface area (Å²) in [4.78, 5) is 13.1. The van der Waals surface area contributed by atoms with Crippen molar-refractivity contribution in [1.29, 1.82) is 0 Å². The van der Waals surface area contributed by atoms with E-state index in [1.807, 2.05) is 0 Å². The van der Waals surface area contributed by atoms with Gasteiger partial charge in [-0.3, -0.25) is 4.79 Å². The van der Waals surface area contributed by atoms with Crippen LogP contribution in [0.3, 0.4) is 0 Å². The maximum absolute atomic E-state index is 10.6. The third-order valence-electron chi connectivity index (χ3n) is 4.02. The number of rotatable bonds is 4. The molecule has 0 saturated carbocycles. The Labute approximate surface area is 103 Å². The van der Waals surface area contributed by atoms with Crippen LogP contribution < -0.4 is 0 Å². The summed E-state index contributed by atoms with van der Waals surface area (Å²) in [5, 5.41) is 8.70. The van der Waals surface area contributed by atoms with Crippen molar-refractivity contribution in [2.24, 2.45) is 5.92 Å². The van der Waals surface area contributed by atoms with Crippen LogP contribution in [0.2, 0.25) is 0 Å². The molecule has 2 atom stereocenters. The molecule has 2 heterocycles. The number of hydrogen-bond donors (Lipinski definition) is 1. The fraction of sp³-hybridized carbons (Fsp3) is 0.923. The fourth-order valence-corrected chi connectivity index (χ4v) is 3.01. The van der Waals surface area contributed by atoms with E-state index < -0.39 is 5.97 Å². The molecule has 0 spiro atoms. The zero-order valence-electron chi connectivity index (χ0n) is 10.4. The summed E-state index contributed by atoms with van der Waals surface area (Å²) < 4.78 is 5.49. The zero-order valence-corrected chi connectivity index (χ0v) is 10.4. The van der Waals surface area contributed by atoms with Crippen LogP contribution in [-0.4, -0.2) is 48.3 Å². The van der Waals surface area contributed by atoms with Crippen LogP contribution in [0.15, 0.2) is 0 Å². The second-order valence-electron chi connectivity index (χ2n) is 5.28. The van der Waals surface area contributed by atoms with Crippen LogP contribution >= 0.6 is 0 Å². The van der Waals surface area contributed by atoms with Gasteiger partial charge in [0.15, 0.2) is 0 Å². The fourth-order valence-electron chi connectivity index (χ4n) is 3.01. The minimum Gasteiger partial charge on any atom is -0.481 e. The monoisotopic (exact) mass is 241 g/mol. The highest BCUT2D eigenvalue weighted by atomic mass is 16.5. The lowest BCUT2D eigenvalue weighted by atomic mass is 10.0. The highest BCUT2D eigenvalue weighted by Crippen LogP contribution is 2.26. The lowest BCUT2D eigenvalue weighted by molar-refractivity contribution is -0.137. The van der Waals surface area contributed by atoms with Crippen LogP contribution in [0.4, 0.5) is 0 Å². The Bertz CT molecular complexity index is 249. The smallest absolute Gasteiger partial charge is 0.303 e. The van der Waals surface area contributed by atoms with Crippen LogP contribution in [-0.2, 0) is 9.53 Å². The van der Waals surface area contributed by atoms with Gasteiger partial charge in [0, 0.05) is 32.2 Å². The predicted octanol–water partition coefficient (Wildman–Crippen LogP) is 1.74. The van der Waals surface area contributed by atoms with E-state index in [4.69, 9.17) is 9.84 Å². The van der Waals surface area contributed by atoms with E-state index in [2.05, 4.69) is 4.90 Å². The molecule has 0 aliphatic carbocycles. The number of ether oxygens (including phenoxy) is 1. The van der Waals surface area contributed by atoms with Gasteiger partial charge in [-0.1, -0.05) is 0 Å². The molecule has 17 heavy (non-hydrogen) atoms. The van der Waals surface area contributed by atoms with Gasteiger partial charge in [0.1, 0.15) is 0 Å². The number of carboxylic acid groups (broad SMARTS) is 1. The first-order valence-electron chi connectivity index (χ1n) is 6.79. The van der Waals surface area contributed by atoms with Crippen molar-refractivity contribution in [3.05, 3.63) is 0 Å². The van der Waals surface area contributed by atoms with Gasteiger partial charge in [0.2, 0.25) is 0 Å². The number of carbonyl (C=O) groups is 1. The molecule has 2 unspecified atom stereocenters. The van der Waals surface area contributed by atoms with Crippen molar-refractivity contribution in [2.75, 3.05) is 26.3 Å². The highest BCUT2D eigenvalue weighted by molar-refractivity contribution is 5.66. The summed E-state index contributed by atoms with van der Waals surface area (Å²) in [6, 6.07) is 0.673. The second kappa shape index (κ2) is 6.36. The van der Waals surface area contributed by atoms with Gasteiger partial charge in [-0.2, -0.15) is 0 Å². The molecule has 98 valence electrons. The number of likely N-dealkylation sites (tertiary alicyclic amines) is 1. The van der Waals surface area contributed by atoms with Gasteiger partial charge in [0.05, 0.1) is 0 Å². The molecule has 2 fully saturated rings. The maximum Gasteiger partial charge on any atom is 0.303 e. The first-order valence-corrected chi connectivity index (χ1v) is 6.79. The zero-order chi connectivity index (χ0) is 12.1. The van der Waals surface area contributed by atoms with Crippen molar-refractivity contribution in [3.8, 4) is 0 Å². The average molecular weight is 241 g/mol. The van der Waals surface area contributed by atoms with E-state index in [-0.39, 0.29) is 0 Å². The van der Waals surface area contributed by atoms with Crippen LogP contribution in [0.1, 0.15) is 38.5 Å². The minimum absolute atomic E-state index is 0.326. The van der Waals surface area contributed by atoms with Crippen molar-refractivity contribution >= 4 is 5.97 Å². The lowest BCUT2D eigenvalue weighted by Crippen LogP contribution is -2.33. The van der Waals surface area contributed by atoms with E-state index in [0.29, 0.717) is 18.4 Å². The van der Waals surface area contributed by atoms with Crippen molar-refractivity contribution < 1.29 is 14.6 Å². The van der Waals surface area contributed by atoms with E-state index in [0.717, 1.165) is 39.1 Å². The predicted molar refractivity (Wildman–Crippen MR) is 65.0 cm³/mol. The Morgan fingerprint density at radius 1 is 1.29 bits per heavy atom. The molecule has 4 nitrogen and oxygen atoms in total. The van der Waals surface area contributed by atoms with Crippen molar-refractivity contribution in [3.63, 3.8) is 0 Å². The van der Waals surface area contributed by atoms with E-state index in [1.54, 1.807) is 0 Å². The number of hydrogen-bond acceptors (Lipinski definition) is 3. The summed E-state index contributed by atoms with van der Waals surface area (Å²) in [7, 11) is 0. The second-order valence-corrected chi connectivity index (χ2v) is 5.28. The van der Waals surface area contributed by atoms with E-state index in [1.165, 1.54) is 19.3 Å². The highest BCUT2D eigenvalue weighted by Gasteiger charge is 2.28. The summed E-state index contributed by atoms with van der Waals surface area (Å²) in [6.45, 7) is 4.04. The quantitative estimate of drug-likeness (QED) is 0.814. The van der Waals surface area contributed by atoms with Crippen LogP contribution in [0.25, 0.3) is 0 Å². The number of carboxylic acids is 1. The average Bonchev–Trinajstić information content (AvgIpc) is 2.60. The summed E-state index contributed by atoms with van der Waals surface area (Å²) in [5.41, 5.74) is 0. The molecule has 0 bridgehead atoms. The first kappa shape index (κ1) is 12.8. The topological polar surface area (TPSA) is 49.8 Å². The summed E-state index contributed by atoms with van der Waals surface area (Å²) >= 11 is 0. The molecule has 2 saturated heterocycles. The standard InChI is InChI=1S/C13H23NO3/c15-13(16)4-3-11-5-7-14(10-11)12-2-1-8-17-9-6-12/h11-12H,1-10H2,(H,15,16). The van der Waals surface area contributed by atoms with Gasteiger partial charge in [-0.25, -0.2) is 0 Å². The van der Waals surface area contributed by atoms with Gasteiger partial charge < -0.3 is 14.7 Å². The Morgan fingerprint density at radius 3 is 3.00 bits per heavy atom. The molecule has 0 aromatic heterocycles. The Morgan fingerprint density at radius 2 is 2.18 bits per heavy atom. The maximum atomic E-state index is 10.6. The SMILES string of the molecule is O=C(O)CCC1CCN(C2CCCOCC2)C1. The summed E-state index contributed by atoms with van der Waals surface area (Å²) in [6.07, 6.45) is 5.89. The largest absolute Gasteiger partial charge is 0.481 e. The number of nitrogens with zero attached hydrogens (tertiary/aromatic N) is 1. The molecule has 1 N–H and O–H groups in total. The molecule has 4 heteroatoms. The molecular formula is C13H23NO3. The Kier molecular flexibility index (Phi) is 4.80. The Hall–Kier alpha value is -0.610. The third-order valence-corrected chi connectivity index (χ3v) is 4.02. The summed E-state index contributed by atoms with van der Waals surface area (Å²) in [5.74, 6) is -0.0680. The van der Waals surface area contributed by atoms with Crippen molar-refractivity contribution in [1.82, 2.24) is 4.90 Å². The molecule has 2 aliphatic rings. The normalized spacial score (nSPS) is 31.3. The van der Waals surface area contributed by atoms with Crippen LogP contribution in [0, 0.1) is 5.92 Å². The van der Waals surface area contributed by atoms with Crippen molar-refractivity contribution in [2.45, 2.75) is 44.6 Å².